The number of rotatable bonds is 4. The molecule has 0 aromatic carbocycles. The second-order valence-electron chi connectivity index (χ2n) is 5.82. The Bertz CT molecular complexity index is 508. The Hall–Kier alpha value is -1.56. The van der Waals surface area contributed by atoms with E-state index < -0.39 is 5.97 Å². The van der Waals surface area contributed by atoms with Crippen molar-refractivity contribution in [1.82, 2.24) is 9.78 Å². The first-order chi connectivity index (χ1) is 9.34. The molecule has 0 bridgehead atoms. The summed E-state index contributed by atoms with van der Waals surface area (Å²) in [5, 5.41) is 4.21. The maximum Gasteiger partial charge on any atom is 0.358 e. The van der Waals surface area contributed by atoms with Crippen LogP contribution in [0.25, 0.3) is 0 Å². The maximum absolute atomic E-state index is 12.1. The molecule has 6 heteroatoms. The first-order valence-corrected chi connectivity index (χ1v) is 7.00. The average molecular weight is 281 g/mol. The molecule has 2 rings (SSSR count). The summed E-state index contributed by atoms with van der Waals surface area (Å²) in [6, 6.07) is 0. The highest BCUT2D eigenvalue weighted by atomic mass is 16.6. The summed E-state index contributed by atoms with van der Waals surface area (Å²) in [4.78, 5) is 12.1. The minimum atomic E-state index is -0.439. The number of aromatic nitrogens is 2. The van der Waals surface area contributed by atoms with Crippen LogP contribution >= 0.6 is 0 Å². The van der Waals surface area contributed by atoms with Gasteiger partial charge >= 0.3 is 5.97 Å². The fraction of sp³-hybridized carbons (Fsp3) is 0.714. The third kappa shape index (κ3) is 2.95. The van der Waals surface area contributed by atoms with E-state index in [0.717, 1.165) is 18.5 Å². The predicted molar refractivity (Wildman–Crippen MR) is 75.5 cm³/mol. The molecule has 1 aromatic rings. The maximum atomic E-state index is 12.1. The summed E-state index contributed by atoms with van der Waals surface area (Å²) in [5.41, 5.74) is 7.25. The normalized spacial score (nSPS) is 21.1. The van der Waals surface area contributed by atoms with E-state index in [2.05, 4.69) is 5.10 Å². The number of hydrogen-bond donors (Lipinski definition) is 1. The first-order valence-electron chi connectivity index (χ1n) is 7.00. The van der Waals surface area contributed by atoms with Crippen molar-refractivity contribution in [2.45, 2.75) is 51.7 Å². The van der Waals surface area contributed by atoms with Crippen molar-refractivity contribution in [1.29, 1.82) is 0 Å². The van der Waals surface area contributed by atoms with E-state index in [-0.39, 0.29) is 18.3 Å². The van der Waals surface area contributed by atoms with Crippen LogP contribution in [-0.4, -0.2) is 34.1 Å². The number of carbonyl (C=O) groups is 1. The van der Waals surface area contributed by atoms with Crippen LogP contribution in [0, 0.1) is 0 Å². The standard InChI is InChI=1S/C14H23N3O3/c1-5-10-11(15)12(17(4)16-10)13(18)19-8-9-6-7-14(2,3)20-9/h9H,5-8,15H2,1-4H3. The van der Waals surface area contributed by atoms with Gasteiger partial charge in [0, 0.05) is 7.05 Å². The molecule has 2 N–H and O–H groups in total. The van der Waals surface area contributed by atoms with Gasteiger partial charge in [0.2, 0.25) is 0 Å². The third-order valence-electron chi connectivity index (χ3n) is 3.64. The van der Waals surface area contributed by atoms with E-state index in [1.54, 1.807) is 7.05 Å². The van der Waals surface area contributed by atoms with Crippen molar-refractivity contribution in [2.75, 3.05) is 12.3 Å². The van der Waals surface area contributed by atoms with Crippen molar-refractivity contribution >= 4 is 11.7 Å². The largest absolute Gasteiger partial charge is 0.458 e. The summed E-state index contributed by atoms with van der Waals surface area (Å²) in [6.45, 7) is 6.29. The van der Waals surface area contributed by atoms with E-state index in [9.17, 15) is 4.79 Å². The smallest absolute Gasteiger partial charge is 0.358 e. The number of carbonyl (C=O) groups excluding carboxylic acids is 1. The second kappa shape index (κ2) is 5.44. The Morgan fingerprint density at radius 1 is 1.60 bits per heavy atom. The molecule has 0 radical (unpaired) electrons. The number of hydrogen-bond acceptors (Lipinski definition) is 5. The van der Waals surface area contributed by atoms with Crippen LogP contribution in [0.5, 0.6) is 0 Å². The van der Waals surface area contributed by atoms with Crippen LogP contribution in [0.1, 0.15) is 49.8 Å². The highest BCUT2D eigenvalue weighted by Gasteiger charge is 2.32. The van der Waals surface area contributed by atoms with Gasteiger partial charge in [-0.2, -0.15) is 5.10 Å². The van der Waals surface area contributed by atoms with E-state index >= 15 is 0 Å². The van der Waals surface area contributed by atoms with Crippen LogP contribution in [0.2, 0.25) is 0 Å². The number of nitrogens with zero attached hydrogens (tertiary/aromatic N) is 2. The molecule has 0 spiro atoms. The number of anilines is 1. The molecule has 1 aromatic heterocycles. The van der Waals surface area contributed by atoms with Gasteiger partial charge < -0.3 is 15.2 Å². The lowest BCUT2D eigenvalue weighted by atomic mass is 10.1. The summed E-state index contributed by atoms with van der Waals surface area (Å²) in [6.07, 6.45) is 2.53. The van der Waals surface area contributed by atoms with Gasteiger partial charge in [-0.05, 0) is 33.1 Å². The lowest BCUT2D eigenvalue weighted by molar-refractivity contribution is -0.0447. The molecule has 112 valence electrons. The molecule has 20 heavy (non-hydrogen) atoms. The van der Waals surface area contributed by atoms with Gasteiger partial charge in [-0.15, -0.1) is 0 Å². The first kappa shape index (κ1) is 14.8. The molecule has 6 nitrogen and oxygen atoms in total. The van der Waals surface area contributed by atoms with Crippen molar-refractivity contribution in [2.24, 2.45) is 7.05 Å². The molecule has 0 aliphatic carbocycles. The molecule has 1 saturated heterocycles. The molecule has 1 aliphatic heterocycles. The van der Waals surface area contributed by atoms with Crippen LogP contribution in [0.4, 0.5) is 5.69 Å². The molecule has 0 amide bonds. The summed E-state index contributed by atoms with van der Waals surface area (Å²) < 4.78 is 12.6. The predicted octanol–water partition coefficient (Wildman–Crippen LogP) is 1.68. The Balaban J connectivity index is 1.98. The van der Waals surface area contributed by atoms with Gasteiger partial charge in [0.1, 0.15) is 6.61 Å². The molecule has 1 atom stereocenters. The summed E-state index contributed by atoms with van der Waals surface area (Å²) in [7, 11) is 1.70. The minimum absolute atomic E-state index is 0.0333. The van der Waals surface area contributed by atoms with Gasteiger partial charge in [-0.25, -0.2) is 4.79 Å². The quantitative estimate of drug-likeness (QED) is 0.849. The molecule has 1 unspecified atom stereocenters. The highest BCUT2D eigenvalue weighted by Crippen LogP contribution is 2.29. The molecular weight excluding hydrogens is 258 g/mol. The number of nitrogens with two attached hydrogens (primary N) is 1. The Kier molecular flexibility index (Phi) is 4.04. The van der Waals surface area contributed by atoms with Gasteiger partial charge in [-0.3, -0.25) is 4.68 Å². The van der Waals surface area contributed by atoms with Crippen LogP contribution < -0.4 is 5.73 Å². The fourth-order valence-electron chi connectivity index (χ4n) is 2.53. The van der Waals surface area contributed by atoms with Crippen molar-refractivity contribution in [3.05, 3.63) is 11.4 Å². The van der Waals surface area contributed by atoms with Gasteiger partial charge in [-0.1, -0.05) is 6.92 Å². The Labute approximate surface area is 119 Å². The number of aryl methyl sites for hydroxylation is 2. The zero-order chi connectivity index (χ0) is 14.9. The molecule has 1 aliphatic rings. The molecule has 0 saturated carbocycles. The topological polar surface area (TPSA) is 79.4 Å². The van der Waals surface area contributed by atoms with Crippen molar-refractivity contribution in [3.8, 4) is 0 Å². The van der Waals surface area contributed by atoms with Gasteiger partial charge in [0.05, 0.1) is 23.1 Å². The van der Waals surface area contributed by atoms with Gasteiger partial charge in [0.25, 0.3) is 0 Å². The zero-order valence-electron chi connectivity index (χ0n) is 12.6. The highest BCUT2D eigenvalue weighted by molar-refractivity contribution is 5.93. The van der Waals surface area contributed by atoms with Crippen LogP contribution in [0.3, 0.4) is 0 Å². The SMILES string of the molecule is CCc1nn(C)c(C(=O)OCC2CCC(C)(C)O2)c1N. The monoisotopic (exact) mass is 281 g/mol. The van der Waals surface area contributed by atoms with Gasteiger partial charge in [0.15, 0.2) is 5.69 Å². The van der Waals surface area contributed by atoms with Crippen molar-refractivity contribution in [3.63, 3.8) is 0 Å². The average Bonchev–Trinajstić information content (AvgIpc) is 2.86. The van der Waals surface area contributed by atoms with Crippen LogP contribution in [0.15, 0.2) is 0 Å². The number of ether oxygens (including phenoxy) is 2. The Morgan fingerprint density at radius 2 is 2.30 bits per heavy atom. The number of esters is 1. The second-order valence-corrected chi connectivity index (χ2v) is 5.82. The zero-order valence-corrected chi connectivity index (χ0v) is 12.6. The van der Waals surface area contributed by atoms with E-state index in [0.29, 0.717) is 17.8 Å². The lowest BCUT2D eigenvalue weighted by Gasteiger charge is -2.19. The third-order valence-corrected chi connectivity index (χ3v) is 3.64. The molecule has 2 heterocycles. The number of nitrogen functional groups attached to an aromatic ring is 1. The van der Waals surface area contributed by atoms with E-state index in [4.69, 9.17) is 15.2 Å². The minimum Gasteiger partial charge on any atom is -0.458 e. The fourth-order valence-corrected chi connectivity index (χ4v) is 2.53. The van der Waals surface area contributed by atoms with E-state index in [1.165, 1.54) is 4.68 Å². The molecular formula is C14H23N3O3. The Morgan fingerprint density at radius 3 is 2.80 bits per heavy atom. The molecule has 1 fully saturated rings. The summed E-state index contributed by atoms with van der Waals surface area (Å²) in [5.74, 6) is -0.439. The van der Waals surface area contributed by atoms with E-state index in [1.807, 2.05) is 20.8 Å². The van der Waals surface area contributed by atoms with Crippen LogP contribution in [-0.2, 0) is 22.9 Å². The van der Waals surface area contributed by atoms with Crippen molar-refractivity contribution < 1.29 is 14.3 Å². The lowest BCUT2D eigenvalue weighted by Crippen LogP contribution is -2.24. The summed E-state index contributed by atoms with van der Waals surface area (Å²) >= 11 is 0.